The highest BCUT2D eigenvalue weighted by Gasteiger charge is 2.36. The van der Waals surface area contributed by atoms with Gasteiger partial charge in [-0.1, -0.05) is 60.7 Å². The van der Waals surface area contributed by atoms with E-state index in [0.717, 1.165) is 16.5 Å². The van der Waals surface area contributed by atoms with E-state index < -0.39 is 11.9 Å². The summed E-state index contributed by atoms with van der Waals surface area (Å²) in [6, 6.07) is 22.4. The van der Waals surface area contributed by atoms with Crippen LogP contribution in [0.3, 0.4) is 0 Å². The molecule has 5 heteroatoms. The van der Waals surface area contributed by atoms with Crippen molar-refractivity contribution in [3.63, 3.8) is 0 Å². The van der Waals surface area contributed by atoms with E-state index in [0.29, 0.717) is 5.56 Å². The summed E-state index contributed by atoms with van der Waals surface area (Å²) < 4.78 is 5.18. The number of anilines is 1. The van der Waals surface area contributed by atoms with E-state index in [1.54, 1.807) is 29.2 Å². The first-order chi connectivity index (χ1) is 13.6. The maximum absolute atomic E-state index is 12.4. The van der Waals surface area contributed by atoms with Crippen LogP contribution in [-0.4, -0.2) is 30.8 Å². The van der Waals surface area contributed by atoms with Gasteiger partial charge in [-0.05, 0) is 22.9 Å². The maximum atomic E-state index is 12.4. The Balaban J connectivity index is 1.40. The number of hydrogen-bond donors (Lipinski definition) is 0. The Labute approximate surface area is 162 Å². The number of hydrogen-bond acceptors (Lipinski definition) is 4. The molecule has 1 aliphatic rings. The molecule has 1 atom stereocenters. The van der Waals surface area contributed by atoms with Gasteiger partial charge in [0, 0.05) is 24.2 Å². The Morgan fingerprint density at radius 1 is 0.929 bits per heavy atom. The molecule has 0 bridgehead atoms. The number of ether oxygens (including phenoxy) is 1. The van der Waals surface area contributed by atoms with E-state index in [2.05, 4.69) is 0 Å². The van der Waals surface area contributed by atoms with Crippen LogP contribution in [0.2, 0.25) is 0 Å². The van der Waals surface area contributed by atoms with Gasteiger partial charge in [0.1, 0.15) is 0 Å². The second-order valence-electron chi connectivity index (χ2n) is 6.83. The average Bonchev–Trinajstić information content (AvgIpc) is 3.13. The molecule has 0 N–H and O–H groups in total. The van der Waals surface area contributed by atoms with Crippen LogP contribution in [0, 0.1) is 5.92 Å². The summed E-state index contributed by atoms with van der Waals surface area (Å²) in [6.07, 6.45) is 0.0885. The highest BCUT2D eigenvalue weighted by molar-refractivity contribution is 6.02. The second-order valence-corrected chi connectivity index (χ2v) is 6.83. The number of Topliss-reactive ketones (excluding diaryl/α,β-unsaturated/α-hetero) is 1. The molecule has 3 aromatic carbocycles. The average molecular weight is 373 g/mol. The maximum Gasteiger partial charge on any atom is 0.311 e. The monoisotopic (exact) mass is 373 g/mol. The zero-order chi connectivity index (χ0) is 19.5. The van der Waals surface area contributed by atoms with E-state index in [4.69, 9.17) is 4.74 Å². The normalized spacial score (nSPS) is 16.4. The fourth-order valence-corrected chi connectivity index (χ4v) is 3.42. The first-order valence-corrected chi connectivity index (χ1v) is 9.16. The van der Waals surface area contributed by atoms with Gasteiger partial charge in [0.15, 0.2) is 12.4 Å². The van der Waals surface area contributed by atoms with E-state index in [-0.39, 0.29) is 31.3 Å². The van der Waals surface area contributed by atoms with Crippen LogP contribution in [0.4, 0.5) is 5.69 Å². The lowest BCUT2D eigenvalue weighted by molar-refractivity contribution is -0.147. The van der Waals surface area contributed by atoms with Gasteiger partial charge in [0.05, 0.1) is 5.92 Å². The highest BCUT2D eigenvalue weighted by Crippen LogP contribution is 2.28. The van der Waals surface area contributed by atoms with Crippen LogP contribution in [0.15, 0.2) is 72.8 Å². The van der Waals surface area contributed by atoms with Crippen molar-refractivity contribution in [1.82, 2.24) is 0 Å². The van der Waals surface area contributed by atoms with Gasteiger partial charge in [0.25, 0.3) is 0 Å². The van der Waals surface area contributed by atoms with Gasteiger partial charge in [0.2, 0.25) is 5.91 Å². The summed E-state index contributed by atoms with van der Waals surface area (Å²) in [5.41, 5.74) is 1.26. The molecule has 1 saturated heterocycles. The van der Waals surface area contributed by atoms with Crippen LogP contribution < -0.4 is 4.90 Å². The molecule has 1 aliphatic heterocycles. The standard InChI is InChI=1S/C23H19NO4/c25-21(17-7-2-1-3-8-17)15-28-23(27)19-13-22(26)24(14-19)20-11-10-16-6-4-5-9-18(16)12-20/h1-12,19H,13-15H2/t19-/m1/s1. The van der Waals surface area contributed by atoms with E-state index in [1.165, 1.54) is 0 Å². The summed E-state index contributed by atoms with van der Waals surface area (Å²) in [6.45, 7) is -0.0565. The van der Waals surface area contributed by atoms with Crippen molar-refractivity contribution in [2.24, 2.45) is 5.92 Å². The van der Waals surface area contributed by atoms with Gasteiger partial charge in [-0.25, -0.2) is 0 Å². The van der Waals surface area contributed by atoms with Crippen LogP contribution in [0.25, 0.3) is 10.8 Å². The number of carbonyl (C=O) groups excluding carboxylic acids is 3. The number of ketones is 1. The highest BCUT2D eigenvalue weighted by atomic mass is 16.5. The van der Waals surface area contributed by atoms with Crippen molar-refractivity contribution in [3.8, 4) is 0 Å². The quantitative estimate of drug-likeness (QED) is 0.506. The number of amides is 1. The lowest BCUT2D eigenvalue weighted by atomic mass is 10.1. The minimum absolute atomic E-state index is 0.0885. The van der Waals surface area contributed by atoms with E-state index in [1.807, 2.05) is 48.5 Å². The molecule has 0 aliphatic carbocycles. The summed E-state index contributed by atoms with van der Waals surface area (Å²) in [7, 11) is 0. The van der Waals surface area contributed by atoms with Crippen LogP contribution in [0.1, 0.15) is 16.8 Å². The Morgan fingerprint density at radius 2 is 1.64 bits per heavy atom. The third kappa shape index (κ3) is 3.64. The van der Waals surface area contributed by atoms with Crippen molar-refractivity contribution in [2.45, 2.75) is 6.42 Å². The largest absolute Gasteiger partial charge is 0.457 e. The zero-order valence-corrected chi connectivity index (χ0v) is 15.2. The van der Waals surface area contributed by atoms with Gasteiger partial charge < -0.3 is 9.64 Å². The molecule has 3 aromatic rings. The minimum Gasteiger partial charge on any atom is -0.457 e. The zero-order valence-electron chi connectivity index (χ0n) is 15.2. The lowest BCUT2D eigenvalue weighted by Gasteiger charge is -2.17. The van der Waals surface area contributed by atoms with Crippen LogP contribution >= 0.6 is 0 Å². The molecular weight excluding hydrogens is 354 g/mol. The topological polar surface area (TPSA) is 63.7 Å². The third-order valence-corrected chi connectivity index (χ3v) is 4.94. The molecular formula is C23H19NO4. The molecule has 0 aromatic heterocycles. The first-order valence-electron chi connectivity index (χ1n) is 9.16. The number of rotatable bonds is 5. The molecule has 1 amide bonds. The van der Waals surface area contributed by atoms with Crippen molar-refractivity contribution in [3.05, 3.63) is 78.4 Å². The summed E-state index contributed by atoms with van der Waals surface area (Å²) in [5.74, 6) is -1.46. The molecule has 1 fully saturated rings. The molecule has 0 unspecified atom stereocenters. The molecule has 0 saturated carbocycles. The molecule has 28 heavy (non-hydrogen) atoms. The Morgan fingerprint density at radius 3 is 2.43 bits per heavy atom. The van der Waals surface area contributed by atoms with Gasteiger partial charge in [-0.3, -0.25) is 14.4 Å². The molecule has 140 valence electrons. The number of esters is 1. The van der Waals surface area contributed by atoms with Gasteiger partial charge in [-0.2, -0.15) is 0 Å². The molecule has 5 nitrogen and oxygen atoms in total. The van der Waals surface area contributed by atoms with Crippen molar-refractivity contribution in [2.75, 3.05) is 18.1 Å². The van der Waals surface area contributed by atoms with Gasteiger partial charge >= 0.3 is 5.97 Å². The Hall–Kier alpha value is -3.47. The van der Waals surface area contributed by atoms with Crippen LogP contribution in [-0.2, 0) is 14.3 Å². The van der Waals surface area contributed by atoms with Crippen molar-refractivity contribution >= 4 is 34.1 Å². The third-order valence-electron chi connectivity index (χ3n) is 4.94. The number of benzene rings is 3. The minimum atomic E-state index is -0.567. The summed E-state index contributed by atoms with van der Waals surface area (Å²) in [5, 5.41) is 2.13. The predicted molar refractivity (Wildman–Crippen MR) is 106 cm³/mol. The smallest absolute Gasteiger partial charge is 0.311 e. The first kappa shape index (κ1) is 17.9. The van der Waals surface area contributed by atoms with Gasteiger partial charge in [-0.15, -0.1) is 0 Å². The predicted octanol–water partition coefficient (Wildman–Crippen LogP) is 3.62. The number of nitrogens with zero attached hydrogens (tertiary/aromatic N) is 1. The van der Waals surface area contributed by atoms with E-state index in [9.17, 15) is 14.4 Å². The van der Waals surface area contributed by atoms with Crippen LogP contribution in [0.5, 0.6) is 0 Å². The molecule has 4 rings (SSSR count). The van der Waals surface area contributed by atoms with Crippen molar-refractivity contribution in [1.29, 1.82) is 0 Å². The number of carbonyl (C=O) groups is 3. The number of fused-ring (bicyclic) bond motifs is 1. The fourth-order valence-electron chi connectivity index (χ4n) is 3.42. The second kappa shape index (κ2) is 7.64. The SMILES string of the molecule is O=C(COC(=O)[C@@H]1CC(=O)N(c2ccc3ccccc3c2)C1)c1ccccc1. The lowest BCUT2D eigenvalue weighted by Crippen LogP contribution is -2.27. The van der Waals surface area contributed by atoms with Crippen molar-refractivity contribution < 1.29 is 19.1 Å². The van der Waals surface area contributed by atoms with E-state index >= 15 is 0 Å². The Kier molecular flexibility index (Phi) is 4.89. The summed E-state index contributed by atoms with van der Waals surface area (Å²) >= 11 is 0. The molecule has 0 spiro atoms. The Bertz CT molecular complexity index is 1040. The summed E-state index contributed by atoms with van der Waals surface area (Å²) in [4.78, 5) is 38.5. The molecule has 1 heterocycles. The fraction of sp³-hybridized carbons (Fsp3) is 0.174. The molecule has 0 radical (unpaired) electrons.